The van der Waals surface area contributed by atoms with Crippen LogP contribution in [-0.2, 0) is 16.1 Å². The minimum absolute atomic E-state index is 0.341. The number of hydrogen-bond donors (Lipinski definition) is 2. The summed E-state index contributed by atoms with van der Waals surface area (Å²) in [5.74, 6) is 0.516. The Morgan fingerprint density at radius 3 is 2.47 bits per heavy atom. The highest BCUT2D eigenvalue weighted by atomic mass is 16.5. The molecule has 0 aliphatic rings. The van der Waals surface area contributed by atoms with Gasteiger partial charge in [0, 0.05) is 12.1 Å². The van der Waals surface area contributed by atoms with Gasteiger partial charge in [0.05, 0.1) is 23.7 Å². The topological polar surface area (TPSA) is 93.3 Å². The number of amides is 1. The molecule has 3 aromatic carbocycles. The smallest absolute Gasteiger partial charge is 0.338 e. The third-order valence-electron chi connectivity index (χ3n) is 5.03. The number of nitrogens with zero attached hydrogens (tertiary/aromatic N) is 1. The Hall–Kier alpha value is -4.13. The van der Waals surface area contributed by atoms with Crippen LogP contribution in [0.25, 0.3) is 22.4 Å². The van der Waals surface area contributed by atoms with Gasteiger partial charge in [-0.2, -0.15) is 0 Å². The van der Waals surface area contributed by atoms with Crippen LogP contribution in [0, 0.1) is 6.92 Å². The summed E-state index contributed by atoms with van der Waals surface area (Å²) in [7, 11) is 1.62. The van der Waals surface area contributed by atoms with E-state index < -0.39 is 5.97 Å². The van der Waals surface area contributed by atoms with Crippen molar-refractivity contribution in [3.05, 3.63) is 83.4 Å². The molecule has 2 N–H and O–H groups in total. The summed E-state index contributed by atoms with van der Waals surface area (Å²) in [6.45, 7) is 2.04. The van der Waals surface area contributed by atoms with E-state index in [1.54, 1.807) is 25.3 Å². The molecule has 0 unspecified atom stereocenters. The summed E-state index contributed by atoms with van der Waals surface area (Å²) in [6, 6.07) is 20.4. The van der Waals surface area contributed by atoms with Crippen molar-refractivity contribution in [2.75, 3.05) is 13.7 Å². The van der Waals surface area contributed by atoms with Crippen molar-refractivity contribution in [3.8, 4) is 17.1 Å². The second-order valence-electron chi connectivity index (χ2n) is 7.38. The number of carbonyl (C=O) groups is 2. The number of ether oxygens (including phenoxy) is 2. The number of imidazole rings is 1. The molecule has 32 heavy (non-hydrogen) atoms. The average Bonchev–Trinajstić information content (AvgIpc) is 3.25. The highest BCUT2D eigenvalue weighted by Crippen LogP contribution is 2.23. The van der Waals surface area contributed by atoms with Crippen LogP contribution < -0.4 is 10.1 Å². The van der Waals surface area contributed by atoms with Crippen LogP contribution in [0.1, 0.15) is 21.5 Å². The SMILES string of the molecule is COc1ccc(-c2nc3ccc(C(=O)OCC(=O)NCc4ccc(C)cc4)cc3[nH]2)cc1. The summed E-state index contributed by atoms with van der Waals surface area (Å²) in [5, 5.41) is 2.74. The van der Waals surface area contributed by atoms with Crippen LogP contribution in [0.15, 0.2) is 66.7 Å². The molecule has 0 saturated carbocycles. The van der Waals surface area contributed by atoms with Crippen molar-refractivity contribution in [1.29, 1.82) is 0 Å². The van der Waals surface area contributed by atoms with Gasteiger partial charge in [0.2, 0.25) is 0 Å². The molecule has 162 valence electrons. The molecule has 7 heteroatoms. The summed E-state index contributed by atoms with van der Waals surface area (Å²) < 4.78 is 10.3. The van der Waals surface area contributed by atoms with E-state index in [1.165, 1.54) is 0 Å². The van der Waals surface area contributed by atoms with Gasteiger partial charge in [-0.25, -0.2) is 9.78 Å². The van der Waals surface area contributed by atoms with E-state index >= 15 is 0 Å². The first kappa shape index (κ1) is 21.1. The number of benzene rings is 3. The Morgan fingerprint density at radius 2 is 1.75 bits per heavy atom. The maximum atomic E-state index is 12.4. The van der Waals surface area contributed by atoms with Gasteiger partial charge < -0.3 is 19.8 Å². The standard InChI is InChI=1S/C25H23N3O4/c1-16-3-5-17(6-4-16)14-26-23(29)15-32-25(30)19-9-12-21-22(13-19)28-24(27-21)18-7-10-20(31-2)11-8-18/h3-13H,14-15H2,1-2H3,(H,26,29)(H,27,28). The lowest BCUT2D eigenvalue weighted by molar-refractivity contribution is -0.124. The lowest BCUT2D eigenvalue weighted by atomic mass is 10.1. The van der Waals surface area contributed by atoms with E-state index in [0.717, 1.165) is 28.0 Å². The monoisotopic (exact) mass is 429 g/mol. The van der Waals surface area contributed by atoms with Crippen LogP contribution >= 0.6 is 0 Å². The van der Waals surface area contributed by atoms with Crippen molar-refractivity contribution >= 4 is 22.9 Å². The second-order valence-corrected chi connectivity index (χ2v) is 7.38. The predicted octanol–water partition coefficient (Wildman–Crippen LogP) is 4.02. The summed E-state index contributed by atoms with van der Waals surface area (Å²) in [4.78, 5) is 32.2. The number of aryl methyl sites for hydroxylation is 1. The molecule has 1 heterocycles. The van der Waals surface area contributed by atoms with Gasteiger partial charge in [-0.3, -0.25) is 4.79 Å². The molecule has 0 bridgehead atoms. The summed E-state index contributed by atoms with van der Waals surface area (Å²) in [5.41, 5.74) is 4.80. The molecule has 1 aromatic heterocycles. The first-order chi connectivity index (χ1) is 15.5. The highest BCUT2D eigenvalue weighted by molar-refractivity contribution is 5.95. The van der Waals surface area contributed by atoms with Crippen molar-refractivity contribution in [3.63, 3.8) is 0 Å². The van der Waals surface area contributed by atoms with Gasteiger partial charge in [0.1, 0.15) is 11.6 Å². The first-order valence-corrected chi connectivity index (χ1v) is 10.2. The lowest BCUT2D eigenvalue weighted by Crippen LogP contribution is -2.28. The van der Waals surface area contributed by atoms with E-state index in [4.69, 9.17) is 9.47 Å². The number of esters is 1. The number of methoxy groups -OCH3 is 1. The third-order valence-corrected chi connectivity index (χ3v) is 5.03. The molecule has 4 rings (SSSR count). The van der Waals surface area contributed by atoms with Crippen LogP contribution in [0.5, 0.6) is 5.75 Å². The number of rotatable bonds is 7. The Bertz CT molecular complexity index is 1240. The van der Waals surface area contributed by atoms with Gasteiger partial charge in [0.15, 0.2) is 6.61 Å². The largest absolute Gasteiger partial charge is 0.497 e. The highest BCUT2D eigenvalue weighted by Gasteiger charge is 2.13. The van der Waals surface area contributed by atoms with E-state index in [0.29, 0.717) is 23.4 Å². The van der Waals surface area contributed by atoms with Crippen molar-refractivity contribution in [2.24, 2.45) is 0 Å². The zero-order valence-electron chi connectivity index (χ0n) is 17.8. The number of fused-ring (bicyclic) bond motifs is 1. The molecule has 0 spiro atoms. The fourth-order valence-corrected chi connectivity index (χ4v) is 3.19. The maximum Gasteiger partial charge on any atom is 0.338 e. The Labute approximate surface area is 185 Å². The summed E-state index contributed by atoms with van der Waals surface area (Å²) >= 11 is 0. The molecule has 7 nitrogen and oxygen atoms in total. The molecule has 0 fully saturated rings. The van der Waals surface area contributed by atoms with Crippen LogP contribution in [0.2, 0.25) is 0 Å². The number of carbonyl (C=O) groups excluding carboxylic acids is 2. The van der Waals surface area contributed by atoms with Crippen molar-refractivity contribution in [1.82, 2.24) is 15.3 Å². The third kappa shape index (κ3) is 4.95. The molecule has 0 saturated heterocycles. The molecule has 0 radical (unpaired) electrons. The summed E-state index contributed by atoms with van der Waals surface area (Å²) in [6.07, 6.45) is 0. The molecular weight excluding hydrogens is 406 g/mol. The quantitative estimate of drug-likeness (QED) is 0.433. The zero-order valence-corrected chi connectivity index (χ0v) is 17.8. The maximum absolute atomic E-state index is 12.4. The van der Waals surface area contributed by atoms with E-state index in [9.17, 15) is 9.59 Å². The normalized spacial score (nSPS) is 10.7. The van der Waals surface area contributed by atoms with Crippen LogP contribution in [0.4, 0.5) is 0 Å². The molecule has 4 aromatic rings. The molecule has 1 amide bonds. The Morgan fingerprint density at radius 1 is 1.00 bits per heavy atom. The lowest BCUT2D eigenvalue weighted by Gasteiger charge is -2.07. The number of hydrogen-bond acceptors (Lipinski definition) is 5. The molecular formula is C25H23N3O4. The fraction of sp³-hybridized carbons (Fsp3) is 0.160. The van der Waals surface area contributed by atoms with E-state index in [-0.39, 0.29) is 12.5 Å². The number of aromatic nitrogens is 2. The predicted molar refractivity (Wildman–Crippen MR) is 121 cm³/mol. The van der Waals surface area contributed by atoms with Gasteiger partial charge >= 0.3 is 5.97 Å². The van der Waals surface area contributed by atoms with Crippen LogP contribution in [0.3, 0.4) is 0 Å². The van der Waals surface area contributed by atoms with E-state index in [1.807, 2.05) is 55.5 Å². The number of nitrogens with one attached hydrogen (secondary N) is 2. The number of aromatic amines is 1. The van der Waals surface area contributed by atoms with Gasteiger partial charge in [-0.15, -0.1) is 0 Å². The average molecular weight is 429 g/mol. The van der Waals surface area contributed by atoms with Crippen LogP contribution in [-0.4, -0.2) is 35.6 Å². The fourth-order valence-electron chi connectivity index (χ4n) is 3.19. The Kier molecular flexibility index (Phi) is 6.17. The van der Waals surface area contributed by atoms with Crippen molar-refractivity contribution in [2.45, 2.75) is 13.5 Å². The molecule has 0 aliphatic carbocycles. The number of H-pyrrole nitrogens is 1. The minimum Gasteiger partial charge on any atom is -0.497 e. The molecule has 0 atom stereocenters. The second kappa shape index (κ2) is 9.34. The van der Waals surface area contributed by atoms with Crippen molar-refractivity contribution < 1.29 is 19.1 Å². The zero-order chi connectivity index (χ0) is 22.5. The van der Waals surface area contributed by atoms with Gasteiger partial charge in [-0.05, 0) is 55.0 Å². The van der Waals surface area contributed by atoms with E-state index in [2.05, 4.69) is 15.3 Å². The van der Waals surface area contributed by atoms with Gasteiger partial charge in [0.25, 0.3) is 5.91 Å². The molecule has 0 aliphatic heterocycles. The Balaban J connectivity index is 1.36. The minimum atomic E-state index is -0.571. The van der Waals surface area contributed by atoms with Gasteiger partial charge in [-0.1, -0.05) is 29.8 Å². The first-order valence-electron chi connectivity index (χ1n) is 10.2.